The predicted octanol–water partition coefficient (Wildman–Crippen LogP) is 3.74. The Morgan fingerprint density at radius 1 is 1.25 bits per heavy atom. The number of furan rings is 1. The zero-order chi connectivity index (χ0) is 9.35. The molecule has 0 radical (unpaired) electrons. The van der Waals surface area contributed by atoms with E-state index in [0.29, 0.717) is 5.92 Å². The molecule has 1 atom stereocenters. The maximum Gasteiger partial charge on any atom is 0.107 e. The molecule has 0 unspecified atom stereocenters. The Morgan fingerprint density at radius 2 is 1.83 bits per heavy atom. The third-order valence-electron chi connectivity index (χ3n) is 2.49. The molecule has 1 rings (SSSR count). The Bertz CT molecular complexity index is 252. The molecule has 1 heteroatoms. The minimum absolute atomic E-state index is 0.282. The van der Waals surface area contributed by atoms with Crippen LogP contribution in [0.3, 0.4) is 0 Å². The molecule has 1 aromatic rings. The quantitative estimate of drug-likeness (QED) is 0.619. The zero-order valence-electron chi connectivity index (χ0n) is 8.64. The molecule has 1 nitrogen and oxygen atoms in total. The van der Waals surface area contributed by atoms with Gasteiger partial charge in [0.25, 0.3) is 0 Å². The van der Waals surface area contributed by atoms with Gasteiger partial charge >= 0.3 is 0 Å². The second-order valence-corrected chi connectivity index (χ2v) is 4.54. The summed E-state index contributed by atoms with van der Waals surface area (Å²) < 4.78 is 5.57. The first-order valence-electron chi connectivity index (χ1n) is 4.47. The van der Waals surface area contributed by atoms with E-state index >= 15 is 0 Å². The van der Waals surface area contributed by atoms with E-state index in [1.165, 1.54) is 0 Å². The summed E-state index contributed by atoms with van der Waals surface area (Å²) in [5.41, 5.74) is 0.282. The van der Waals surface area contributed by atoms with Crippen molar-refractivity contribution < 1.29 is 4.42 Å². The molecule has 0 spiro atoms. The first kappa shape index (κ1) is 9.37. The first-order valence-corrected chi connectivity index (χ1v) is 4.47. The maximum absolute atomic E-state index is 5.57. The molecule has 0 N–H and O–H groups in total. The Morgan fingerprint density at radius 3 is 2.17 bits per heavy atom. The van der Waals surface area contributed by atoms with Crippen molar-refractivity contribution in [2.24, 2.45) is 5.41 Å². The molecule has 0 amide bonds. The first-order chi connectivity index (χ1) is 5.41. The van der Waals surface area contributed by atoms with Crippen molar-refractivity contribution in [3.63, 3.8) is 0 Å². The van der Waals surface area contributed by atoms with Crippen LogP contribution in [0.1, 0.15) is 45.1 Å². The van der Waals surface area contributed by atoms with Gasteiger partial charge in [-0.05, 0) is 24.5 Å². The lowest BCUT2D eigenvalue weighted by molar-refractivity contribution is 0.293. The van der Waals surface area contributed by atoms with Crippen molar-refractivity contribution in [1.82, 2.24) is 0 Å². The molecular weight excluding hydrogens is 148 g/mol. The molecule has 1 aromatic heterocycles. The fourth-order valence-electron chi connectivity index (χ4n) is 1.11. The molecule has 0 saturated heterocycles. The number of hydrogen-bond acceptors (Lipinski definition) is 1. The highest BCUT2D eigenvalue weighted by Crippen LogP contribution is 2.34. The van der Waals surface area contributed by atoms with Crippen molar-refractivity contribution >= 4 is 0 Å². The van der Waals surface area contributed by atoms with E-state index in [0.717, 1.165) is 11.5 Å². The molecule has 0 aliphatic carbocycles. The second-order valence-electron chi connectivity index (χ2n) is 4.54. The van der Waals surface area contributed by atoms with Gasteiger partial charge in [-0.1, -0.05) is 27.7 Å². The fraction of sp³-hybridized carbons (Fsp3) is 0.636. The van der Waals surface area contributed by atoms with Gasteiger partial charge in [0.05, 0.1) is 0 Å². The zero-order valence-corrected chi connectivity index (χ0v) is 8.64. The van der Waals surface area contributed by atoms with E-state index in [1.54, 1.807) is 0 Å². The lowest BCUT2D eigenvalue weighted by Crippen LogP contribution is -2.14. The van der Waals surface area contributed by atoms with Crippen LogP contribution in [0.4, 0.5) is 0 Å². The minimum atomic E-state index is 0.282. The summed E-state index contributed by atoms with van der Waals surface area (Å²) in [5, 5.41) is 0. The van der Waals surface area contributed by atoms with Gasteiger partial charge in [0, 0.05) is 5.92 Å². The molecule has 1 heterocycles. The van der Waals surface area contributed by atoms with Crippen LogP contribution in [0.15, 0.2) is 16.5 Å². The van der Waals surface area contributed by atoms with Crippen LogP contribution in [0.5, 0.6) is 0 Å². The van der Waals surface area contributed by atoms with Crippen LogP contribution in [0.25, 0.3) is 0 Å². The molecule has 68 valence electrons. The van der Waals surface area contributed by atoms with Crippen LogP contribution in [-0.4, -0.2) is 0 Å². The molecular formula is C11H18O. The largest absolute Gasteiger partial charge is 0.466 e. The topological polar surface area (TPSA) is 13.1 Å². The van der Waals surface area contributed by atoms with Gasteiger partial charge in [0.2, 0.25) is 0 Å². The smallest absolute Gasteiger partial charge is 0.107 e. The lowest BCUT2D eigenvalue weighted by Gasteiger charge is -2.25. The van der Waals surface area contributed by atoms with E-state index < -0.39 is 0 Å². The molecule has 0 bridgehead atoms. The molecule has 0 fully saturated rings. The van der Waals surface area contributed by atoms with Gasteiger partial charge in [-0.2, -0.15) is 0 Å². The second kappa shape index (κ2) is 2.96. The number of hydrogen-bond donors (Lipinski definition) is 0. The van der Waals surface area contributed by atoms with Gasteiger partial charge in [-0.3, -0.25) is 0 Å². The molecule has 0 saturated carbocycles. The Balaban J connectivity index is 2.85. The number of aryl methyl sites for hydroxylation is 1. The van der Waals surface area contributed by atoms with Gasteiger partial charge in [0.15, 0.2) is 0 Å². The van der Waals surface area contributed by atoms with Crippen LogP contribution in [0.2, 0.25) is 0 Å². The van der Waals surface area contributed by atoms with E-state index in [4.69, 9.17) is 4.42 Å². The summed E-state index contributed by atoms with van der Waals surface area (Å²) in [6.07, 6.45) is 0. The summed E-state index contributed by atoms with van der Waals surface area (Å²) in [6.45, 7) is 10.9. The minimum Gasteiger partial charge on any atom is -0.466 e. The number of rotatable bonds is 1. The highest BCUT2D eigenvalue weighted by Gasteiger charge is 2.23. The van der Waals surface area contributed by atoms with Gasteiger partial charge < -0.3 is 4.42 Å². The standard InChI is InChI=1S/C11H18O/c1-8-6-7-10(12-8)9(2)11(3,4)5/h6-7,9H,1-5H3/t9-/m0/s1. The lowest BCUT2D eigenvalue weighted by atomic mass is 9.81. The SMILES string of the molecule is Cc1ccc([C@H](C)C(C)(C)C)o1. The van der Waals surface area contributed by atoms with Crippen LogP contribution < -0.4 is 0 Å². The summed E-state index contributed by atoms with van der Waals surface area (Å²) >= 11 is 0. The molecule has 0 aliphatic rings. The third-order valence-corrected chi connectivity index (χ3v) is 2.49. The van der Waals surface area contributed by atoms with Crippen molar-refractivity contribution in [1.29, 1.82) is 0 Å². The van der Waals surface area contributed by atoms with E-state index in [2.05, 4.69) is 33.8 Å². The van der Waals surface area contributed by atoms with E-state index in [1.807, 2.05) is 13.0 Å². The van der Waals surface area contributed by atoms with Crippen molar-refractivity contribution in [2.75, 3.05) is 0 Å². The summed E-state index contributed by atoms with van der Waals surface area (Å²) in [5.74, 6) is 2.58. The average molecular weight is 166 g/mol. The molecule has 12 heavy (non-hydrogen) atoms. The van der Waals surface area contributed by atoms with Gasteiger partial charge in [0.1, 0.15) is 11.5 Å². The Kier molecular flexibility index (Phi) is 2.31. The van der Waals surface area contributed by atoms with Gasteiger partial charge in [-0.15, -0.1) is 0 Å². The molecule has 0 aliphatic heterocycles. The average Bonchev–Trinajstić information content (AvgIpc) is 2.32. The summed E-state index contributed by atoms with van der Waals surface area (Å²) in [4.78, 5) is 0. The van der Waals surface area contributed by atoms with Crippen LogP contribution in [0, 0.1) is 12.3 Å². The van der Waals surface area contributed by atoms with E-state index in [9.17, 15) is 0 Å². The van der Waals surface area contributed by atoms with Crippen molar-refractivity contribution in [2.45, 2.75) is 40.5 Å². The molecule has 0 aromatic carbocycles. The predicted molar refractivity (Wildman–Crippen MR) is 51.3 cm³/mol. The summed E-state index contributed by atoms with van der Waals surface area (Å²) in [7, 11) is 0. The van der Waals surface area contributed by atoms with Crippen molar-refractivity contribution in [3.8, 4) is 0 Å². The highest BCUT2D eigenvalue weighted by molar-refractivity contribution is 5.11. The van der Waals surface area contributed by atoms with Gasteiger partial charge in [-0.25, -0.2) is 0 Å². The monoisotopic (exact) mass is 166 g/mol. The fourth-order valence-corrected chi connectivity index (χ4v) is 1.11. The third kappa shape index (κ3) is 1.90. The van der Waals surface area contributed by atoms with E-state index in [-0.39, 0.29) is 5.41 Å². The Labute approximate surface area is 74.8 Å². The normalized spacial score (nSPS) is 14.8. The maximum atomic E-state index is 5.57. The highest BCUT2D eigenvalue weighted by atomic mass is 16.3. The van der Waals surface area contributed by atoms with Crippen LogP contribution in [-0.2, 0) is 0 Å². The summed E-state index contributed by atoms with van der Waals surface area (Å²) in [6, 6.07) is 4.10. The van der Waals surface area contributed by atoms with Crippen molar-refractivity contribution in [3.05, 3.63) is 23.7 Å². The Hall–Kier alpha value is -0.720. The van der Waals surface area contributed by atoms with Crippen LogP contribution >= 0.6 is 0 Å².